The first-order chi connectivity index (χ1) is 7.99. The van der Waals surface area contributed by atoms with E-state index in [1.165, 1.54) is 12.1 Å². The zero-order valence-corrected chi connectivity index (χ0v) is 10.5. The number of hydrogen-bond acceptors (Lipinski definition) is 2. The molecule has 4 heteroatoms. The lowest BCUT2D eigenvalue weighted by Crippen LogP contribution is -2.39. The van der Waals surface area contributed by atoms with Gasteiger partial charge in [0.1, 0.15) is 11.9 Å². The maximum Gasteiger partial charge on any atom is 0.242 e. The molecule has 0 fully saturated rings. The van der Waals surface area contributed by atoms with Crippen molar-refractivity contribution < 1.29 is 9.18 Å². The first-order valence-corrected chi connectivity index (χ1v) is 5.79. The Labute approximate surface area is 101 Å². The minimum absolute atomic E-state index is 0.0528. The van der Waals surface area contributed by atoms with Crippen molar-refractivity contribution in [2.45, 2.75) is 26.8 Å². The van der Waals surface area contributed by atoms with Crippen LogP contribution in [0, 0.1) is 11.7 Å². The maximum atomic E-state index is 12.7. The van der Waals surface area contributed by atoms with Crippen LogP contribution in [-0.4, -0.2) is 18.5 Å². The molecule has 0 saturated carbocycles. The molecule has 0 unspecified atom stereocenters. The van der Waals surface area contributed by atoms with E-state index >= 15 is 0 Å². The van der Waals surface area contributed by atoms with Crippen molar-refractivity contribution in [3.8, 4) is 0 Å². The van der Waals surface area contributed by atoms with Crippen molar-refractivity contribution in [2.24, 2.45) is 5.92 Å². The molecule has 2 N–H and O–H groups in total. The van der Waals surface area contributed by atoms with Gasteiger partial charge in [-0.05, 0) is 37.1 Å². The van der Waals surface area contributed by atoms with Crippen molar-refractivity contribution in [1.29, 1.82) is 0 Å². The van der Waals surface area contributed by atoms with Crippen molar-refractivity contribution in [3.05, 3.63) is 30.1 Å². The molecule has 94 valence electrons. The SMILES string of the molecule is CC(C)CNC(=O)[C@H](C)Nc1ccc(F)cc1. The van der Waals surface area contributed by atoms with Gasteiger partial charge in [0.05, 0.1) is 0 Å². The highest BCUT2D eigenvalue weighted by molar-refractivity contribution is 5.84. The lowest BCUT2D eigenvalue weighted by atomic mass is 10.2. The van der Waals surface area contributed by atoms with E-state index in [1.807, 2.05) is 13.8 Å². The summed E-state index contributed by atoms with van der Waals surface area (Å²) >= 11 is 0. The van der Waals surface area contributed by atoms with Crippen molar-refractivity contribution >= 4 is 11.6 Å². The molecule has 0 aliphatic carbocycles. The van der Waals surface area contributed by atoms with Gasteiger partial charge in [0.2, 0.25) is 5.91 Å². The van der Waals surface area contributed by atoms with Gasteiger partial charge in [-0.15, -0.1) is 0 Å². The summed E-state index contributed by atoms with van der Waals surface area (Å²) in [7, 11) is 0. The highest BCUT2D eigenvalue weighted by atomic mass is 19.1. The monoisotopic (exact) mass is 238 g/mol. The minimum Gasteiger partial charge on any atom is -0.374 e. The molecule has 1 aromatic rings. The molecule has 3 nitrogen and oxygen atoms in total. The van der Waals surface area contributed by atoms with E-state index in [4.69, 9.17) is 0 Å². The van der Waals surface area contributed by atoms with Crippen LogP contribution in [0.5, 0.6) is 0 Å². The molecule has 0 heterocycles. The number of anilines is 1. The van der Waals surface area contributed by atoms with Gasteiger partial charge >= 0.3 is 0 Å². The van der Waals surface area contributed by atoms with Crippen LogP contribution >= 0.6 is 0 Å². The van der Waals surface area contributed by atoms with Gasteiger partial charge in [-0.1, -0.05) is 13.8 Å². The van der Waals surface area contributed by atoms with Gasteiger partial charge in [-0.25, -0.2) is 4.39 Å². The number of carbonyl (C=O) groups excluding carboxylic acids is 1. The first kappa shape index (κ1) is 13.5. The predicted octanol–water partition coefficient (Wildman–Crippen LogP) is 2.40. The fraction of sp³-hybridized carbons (Fsp3) is 0.462. The Balaban J connectivity index is 2.45. The number of amides is 1. The second-order valence-corrected chi connectivity index (χ2v) is 4.51. The molecule has 0 aliphatic rings. The molecule has 0 saturated heterocycles. The minimum atomic E-state index is -0.334. The van der Waals surface area contributed by atoms with Crippen LogP contribution in [0.3, 0.4) is 0 Å². The van der Waals surface area contributed by atoms with Crippen LogP contribution in [0.1, 0.15) is 20.8 Å². The van der Waals surface area contributed by atoms with Crippen LogP contribution < -0.4 is 10.6 Å². The summed E-state index contributed by atoms with van der Waals surface area (Å²) in [5.41, 5.74) is 0.735. The van der Waals surface area contributed by atoms with E-state index in [2.05, 4.69) is 10.6 Å². The van der Waals surface area contributed by atoms with E-state index in [1.54, 1.807) is 19.1 Å². The second kappa shape index (κ2) is 6.23. The van der Waals surface area contributed by atoms with E-state index < -0.39 is 0 Å². The summed E-state index contributed by atoms with van der Waals surface area (Å²) in [5, 5.41) is 5.85. The fourth-order valence-corrected chi connectivity index (χ4v) is 1.32. The Morgan fingerprint density at radius 3 is 2.35 bits per heavy atom. The van der Waals surface area contributed by atoms with Crippen molar-refractivity contribution in [1.82, 2.24) is 5.32 Å². The molecule has 0 spiro atoms. The molecule has 1 atom stereocenters. The highest BCUT2D eigenvalue weighted by Crippen LogP contribution is 2.09. The molecule has 1 aromatic carbocycles. The van der Waals surface area contributed by atoms with Crippen LogP contribution in [0.25, 0.3) is 0 Å². The topological polar surface area (TPSA) is 41.1 Å². The molecule has 0 aliphatic heterocycles. The third kappa shape index (κ3) is 4.85. The molecule has 0 aromatic heterocycles. The summed E-state index contributed by atoms with van der Waals surface area (Å²) in [6, 6.07) is 5.62. The quantitative estimate of drug-likeness (QED) is 0.827. The van der Waals surface area contributed by atoms with E-state index in [0.29, 0.717) is 12.5 Å². The van der Waals surface area contributed by atoms with Gasteiger partial charge in [0.25, 0.3) is 0 Å². The Morgan fingerprint density at radius 1 is 1.24 bits per heavy atom. The standard InChI is InChI=1S/C13H19FN2O/c1-9(2)8-15-13(17)10(3)16-12-6-4-11(14)5-7-12/h4-7,9-10,16H,8H2,1-3H3,(H,15,17)/t10-/m0/s1. The van der Waals surface area contributed by atoms with E-state index in [-0.39, 0.29) is 17.8 Å². The van der Waals surface area contributed by atoms with Gasteiger partial charge in [0.15, 0.2) is 0 Å². The summed E-state index contributed by atoms with van der Waals surface area (Å²) in [6.07, 6.45) is 0. The molecular weight excluding hydrogens is 219 g/mol. The second-order valence-electron chi connectivity index (χ2n) is 4.51. The average Bonchev–Trinajstić information content (AvgIpc) is 2.28. The van der Waals surface area contributed by atoms with Gasteiger partial charge in [-0.2, -0.15) is 0 Å². The number of hydrogen-bond donors (Lipinski definition) is 2. The van der Waals surface area contributed by atoms with Crippen LogP contribution in [-0.2, 0) is 4.79 Å². The molecule has 0 radical (unpaired) electrons. The number of benzene rings is 1. The number of rotatable bonds is 5. The van der Waals surface area contributed by atoms with Crippen molar-refractivity contribution in [2.75, 3.05) is 11.9 Å². The third-order valence-corrected chi connectivity index (χ3v) is 2.31. The smallest absolute Gasteiger partial charge is 0.242 e. The molecule has 1 rings (SSSR count). The lowest BCUT2D eigenvalue weighted by Gasteiger charge is -2.16. The summed E-state index contributed by atoms with van der Waals surface area (Å²) in [4.78, 5) is 11.7. The average molecular weight is 238 g/mol. The number of nitrogens with one attached hydrogen (secondary N) is 2. The largest absolute Gasteiger partial charge is 0.374 e. The van der Waals surface area contributed by atoms with Gasteiger partial charge < -0.3 is 10.6 Å². The Hall–Kier alpha value is -1.58. The van der Waals surface area contributed by atoms with Crippen LogP contribution in [0.15, 0.2) is 24.3 Å². The fourth-order valence-electron chi connectivity index (χ4n) is 1.32. The zero-order valence-electron chi connectivity index (χ0n) is 10.5. The molecule has 0 bridgehead atoms. The maximum absolute atomic E-state index is 12.7. The third-order valence-electron chi connectivity index (χ3n) is 2.31. The Morgan fingerprint density at radius 2 is 1.82 bits per heavy atom. The van der Waals surface area contributed by atoms with E-state index in [0.717, 1.165) is 5.69 Å². The zero-order chi connectivity index (χ0) is 12.8. The first-order valence-electron chi connectivity index (χ1n) is 5.79. The predicted molar refractivity (Wildman–Crippen MR) is 67.3 cm³/mol. The molecule has 17 heavy (non-hydrogen) atoms. The Bertz CT molecular complexity index is 362. The highest BCUT2D eigenvalue weighted by Gasteiger charge is 2.12. The normalized spacial score (nSPS) is 12.3. The van der Waals surface area contributed by atoms with Crippen molar-refractivity contribution in [3.63, 3.8) is 0 Å². The van der Waals surface area contributed by atoms with Gasteiger partial charge in [0, 0.05) is 12.2 Å². The van der Waals surface area contributed by atoms with Gasteiger partial charge in [-0.3, -0.25) is 4.79 Å². The van der Waals surface area contributed by atoms with E-state index in [9.17, 15) is 9.18 Å². The molecule has 1 amide bonds. The summed E-state index contributed by atoms with van der Waals surface area (Å²) < 4.78 is 12.7. The molecular formula is C13H19FN2O. The summed E-state index contributed by atoms with van der Waals surface area (Å²) in [5.74, 6) is 0.0902. The summed E-state index contributed by atoms with van der Waals surface area (Å²) in [6.45, 7) is 6.52. The lowest BCUT2D eigenvalue weighted by molar-refractivity contribution is -0.121. The van der Waals surface area contributed by atoms with Crippen LogP contribution in [0.2, 0.25) is 0 Å². The van der Waals surface area contributed by atoms with Crippen LogP contribution in [0.4, 0.5) is 10.1 Å². The number of halogens is 1. The Kier molecular flexibility index (Phi) is 4.94. The number of carbonyl (C=O) groups is 1.